The maximum atomic E-state index is 12.5. The summed E-state index contributed by atoms with van der Waals surface area (Å²) in [4.78, 5) is 12.6. The lowest BCUT2D eigenvalue weighted by molar-refractivity contribution is -0.125. The highest BCUT2D eigenvalue weighted by molar-refractivity contribution is 7.91. The maximum Gasteiger partial charge on any atom is 0.224 e. The molecule has 1 saturated carbocycles. The number of halogens is 1. The van der Waals surface area contributed by atoms with Gasteiger partial charge in [0.15, 0.2) is 9.84 Å². The Morgan fingerprint density at radius 3 is 2.36 bits per heavy atom. The summed E-state index contributed by atoms with van der Waals surface area (Å²) in [6.45, 7) is 3.90. The van der Waals surface area contributed by atoms with E-state index in [1.54, 1.807) is 19.1 Å². The molecule has 0 radical (unpaired) electrons. The third-order valence-corrected chi connectivity index (χ3v) is 6.58. The summed E-state index contributed by atoms with van der Waals surface area (Å²) in [6.07, 6.45) is 2.10. The molecule has 2 rings (SSSR count). The van der Waals surface area contributed by atoms with Crippen molar-refractivity contribution >= 4 is 28.2 Å². The average molecular weight is 391 g/mol. The van der Waals surface area contributed by atoms with Gasteiger partial charge in [0.2, 0.25) is 5.91 Å². The fourth-order valence-corrected chi connectivity index (χ4v) is 4.28. The van der Waals surface area contributed by atoms with Crippen LogP contribution >= 0.6 is 12.4 Å². The number of rotatable bonds is 8. The first-order valence-corrected chi connectivity index (χ1v) is 9.76. The van der Waals surface area contributed by atoms with Crippen LogP contribution in [-0.2, 0) is 14.6 Å². The Kier molecular flexibility index (Phi) is 7.28. The first-order valence-electron chi connectivity index (χ1n) is 8.11. The molecule has 2 atom stereocenters. The van der Waals surface area contributed by atoms with Gasteiger partial charge in [-0.25, -0.2) is 8.42 Å². The SMILES string of the molecule is COc1ccc(S(=O)(=O)CC(C)C(=O)NC(C)(CN)C2CC2)cc1.Cl. The molecule has 1 aromatic carbocycles. The molecule has 1 fully saturated rings. The molecule has 0 spiro atoms. The van der Waals surface area contributed by atoms with Gasteiger partial charge >= 0.3 is 0 Å². The van der Waals surface area contributed by atoms with E-state index in [9.17, 15) is 13.2 Å². The monoisotopic (exact) mass is 390 g/mol. The van der Waals surface area contributed by atoms with E-state index in [0.29, 0.717) is 18.2 Å². The molecule has 6 nitrogen and oxygen atoms in total. The Bertz CT molecular complexity index is 689. The first-order chi connectivity index (χ1) is 11.2. The Hall–Kier alpha value is -1.31. The zero-order valence-electron chi connectivity index (χ0n) is 14.8. The molecule has 8 heteroatoms. The Balaban J connectivity index is 0.00000312. The topological polar surface area (TPSA) is 98.5 Å². The number of benzene rings is 1. The van der Waals surface area contributed by atoms with Crippen LogP contribution in [-0.4, -0.2) is 39.3 Å². The number of hydrogen-bond acceptors (Lipinski definition) is 5. The van der Waals surface area contributed by atoms with Crippen molar-refractivity contribution in [1.29, 1.82) is 0 Å². The lowest BCUT2D eigenvalue weighted by Crippen LogP contribution is -2.55. The van der Waals surface area contributed by atoms with Gasteiger partial charge in [-0.15, -0.1) is 12.4 Å². The molecule has 1 aliphatic carbocycles. The first kappa shape index (κ1) is 21.7. The highest BCUT2D eigenvalue weighted by atomic mass is 35.5. The summed E-state index contributed by atoms with van der Waals surface area (Å²) in [5.74, 6) is -0.190. The van der Waals surface area contributed by atoms with Gasteiger partial charge < -0.3 is 15.8 Å². The summed E-state index contributed by atoms with van der Waals surface area (Å²) >= 11 is 0. The minimum atomic E-state index is -3.54. The molecular formula is C17H27ClN2O4S. The largest absolute Gasteiger partial charge is 0.497 e. The Labute approximate surface area is 155 Å². The standard InChI is InChI=1S/C17H26N2O4S.ClH/c1-12(16(20)19-17(2,11-18)13-4-5-13)10-24(21,22)15-8-6-14(23-3)7-9-15;/h6-9,12-13H,4-5,10-11,18H2,1-3H3,(H,19,20);1H. The molecule has 0 heterocycles. The molecule has 1 aliphatic rings. The predicted molar refractivity (Wildman–Crippen MR) is 99.8 cm³/mol. The number of carbonyl (C=O) groups excluding carboxylic acids is 1. The van der Waals surface area contributed by atoms with Crippen LogP contribution in [0.15, 0.2) is 29.2 Å². The van der Waals surface area contributed by atoms with E-state index in [1.165, 1.54) is 19.2 Å². The van der Waals surface area contributed by atoms with Crippen LogP contribution in [0.5, 0.6) is 5.75 Å². The third-order valence-electron chi connectivity index (χ3n) is 4.65. The number of carbonyl (C=O) groups is 1. The third kappa shape index (κ3) is 5.33. The molecule has 0 aliphatic heterocycles. The van der Waals surface area contributed by atoms with E-state index in [0.717, 1.165) is 12.8 Å². The van der Waals surface area contributed by atoms with Crippen LogP contribution in [0.1, 0.15) is 26.7 Å². The minimum absolute atomic E-state index is 0. The highest BCUT2D eigenvalue weighted by Gasteiger charge is 2.42. The molecule has 0 bridgehead atoms. The summed E-state index contributed by atoms with van der Waals surface area (Å²) in [6, 6.07) is 6.17. The van der Waals surface area contributed by atoms with E-state index in [1.807, 2.05) is 6.92 Å². The molecule has 142 valence electrons. The Morgan fingerprint density at radius 1 is 1.36 bits per heavy atom. The van der Waals surface area contributed by atoms with E-state index < -0.39 is 21.3 Å². The van der Waals surface area contributed by atoms with Crippen LogP contribution in [0.4, 0.5) is 0 Å². The van der Waals surface area contributed by atoms with Crippen LogP contribution in [0, 0.1) is 11.8 Å². The van der Waals surface area contributed by atoms with E-state index in [4.69, 9.17) is 10.5 Å². The summed E-state index contributed by atoms with van der Waals surface area (Å²) in [5, 5.41) is 2.95. The molecule has 1 amide bonds. The van der Waals surface area contributed by atoms with Crippen molar-refractivity contribution in [1.82, 2.24) is 5.32 Å². The quantitative estimate of drug-likeness (QED) is 0.704. The van der Waals surface area contributed by atoms with Crippen molar-refractivity contribution in [2.75, 3.05) is 19.4 Å². The number of sulfone groups is 1. The number of nitrogens with two attached hydrogens (primary N) is 1. The lowest BCUT2D eigenvalue weighted by atomic mass is 9.95. The van der Waals surface area contributed by atoms with Crippen molar-refractivity contribution in [2.45, 2.75) is 37.1 Å². The van der Waals surface area contributed by atoms with Gasteiger partial charge in [-0.05, 0) is 49.9 Å². The average Bonchev–Trinajstić information content (AvgIpc) is 3.39. The highest BCUT2D eigenvalue weighted by Crippen LogP contribution is 2.39. The van der Waals surface area contributed by atoms with Crippen LogP contribution < -0.4 is 15.8 Å². The maximum absolute atomic E-state index is 12.5. The molecule has 0 saturated heterocycles. The molecule has 2 unspecified atom stereocenters. The summed E-state index contributed by atoms with van der Waals surface area (Å²) in [7, 11) is -2.03. The molecule has 25 heavy (non-hydrogen) atoms. The molecule has 0 aromatic heterocycles. The Morgan fingerprint density at radius 2 is 1.92 bits per heavy atom. The van der Waals surface area contributed by atoms with Gasteiger partial charge in [-0.1, -0.05) is 6.92 Å². The molecular weight excluding hydrogens is 364 g/mol. The minimum Gasteiger partial charge on any atom is -0.497 e. The van der Waals surface area contributed by atoms with Crippen LogP contribution in [0.25, 0.3) is 0 Å². The van der Waals surface area contributed by atoms with Gasteiger partial charge in [0.05, 0.1) is 23.3 Å². The van der Waals surface area contributed by atoms with Crippen molar-refractivity contribution in [3.05, 3.63) is 24.3 Å². The lowest BCUT2D eigenvalue weighted by Gasteiger charge is -2.30. The van der Waals surface area contributed by atoms with Gasteiger partial charge in [0.25, 0.3) is 0 Å². The molecule has 3 N–H and O–H groups in total. The zero-order valence-corrected chi connectivity index (χ0v) is 16.5. The van der Waals surface area contributed by atoms with Gasteiger partial charge in [0.1, 0.15) is 5.75 Å². The van der Waals surface area contributed by atoms with Crippen LogP contribution in [0.3, 0.4) is 0 Å². The summed E-state index contributed by atoms with van der Waals surface area (Å²) < 4.78 is 30.0. The van der Waals surface area contributed by atoms with E-state index in [-0.39, 0.29) is 29.0 Å². The van der Waals surface area contributed by atoms with E-state index >= 15 is 0 Å². The van der Waals surface area contributed by atoms with Gasteiger partial charge in [0, 0.05) is 12.5 Å². The van der Waals surface area contributed by atoms with Crippen molar-refractivity contribution in [3.63, 3.8) is 0 Å². The number of methoxy groups -OCH3 is 1. The predicted octanol–water partition coefficient (Wildman–Crippen LogP) is 1.77. The van der Waals surface area contributed by atoms with Crippen molar-refractivity contribution in [2.24, 2.45) is 17.6 Å². The normalized spacial score (nSPS) is 17.8. The molecule has 1 aromatic rings. The number of amides is 1. The van der Waals surface area contributed by atoms with Crippen LogP contribution in [0.2, 0.25) is 0 Å². The van der Waals surface area contributed by atoms with E-state index in [2.05, 4.69) is 5.32 Å². The zero-order chi connectivity index (χ0) is 18.0. The second-order valence-electron chi connectivity index (χ2n) is 6.74. The van der Waals surface area contributed by atoms with Gasteiger partial charge in [-0.2, -0.15) is 0 Å². The fourth-order valence-electron chi connectivity index (χ4n) is 2.73. The summed E-state index contributed by atoms with van der Waals surface area (Å²) in [5.41, 5.74) is 5.35. The second-order valence-corrected chi connectivity index (χ2v) is 8.78. The number of hydrogen-bond donors (Lipinski definition) is 2. The number of ether oxygens (including phenoxy) is 1. The van der Waals surface area contributed by atoms with Gasteiger partial charge in [-0.3, -0.25) is 4.79 Å². The fraction of sp³-hybridized carbons (Fsp3) is 0.588. The number of nitrogens with one attached hydrogen (secondary N) is 1. The van der Waals surface area contributed by atoms with Crippen molar-refractivity contribution < 1.29 is 17.9 Å². The second kappa shape index (κ2) is 8.38. The van der Waals surface area contributed by atoms with Crippen molar-refractivity contribution in [3.8, 4) is 5.75 Å². The smallest absolute Gasteiger partial charge is 0.224 e.